The molecule has 2 aromatic rings. The second-order valence-electron chi connectivity index (χ2n) is 4.90. The maximum absolute atomic E-state index is 12.5. The van der Waals surface area contributed by atoms with Gasteiger partial charge in [-0.05, 0) is 31.2 Å². The normalized spacial score (nSPS) is 10.2. The van der Waals surface area contributed by atoms with E-state index in [1.165, 1.54) is 6.92 Å². The van der Waals surface area contributed by atoms with Crippen LogP contribution < -0.4 is 9.05 Å². The lowest BCUT2D eigenvalue weighted by molar-refractivity contribution is -0.132. The van der Waals surface area contributed by atoms with Crippen molar-refractivity contribution in [2.24, 2.45) is 0 Å². The first-order valence-electron chi connectivity index (χ1n) is 7.60. The fourth-order valence-electron chi connectivity index (χ4n) is 1.44. The molecule has 0 atom stereocenters. The highest BCUT2D eigenvalue weighted by molar-refractivity contribution is 7.49. The van der Waals surface area contributed by atoms with Gasteiger partial charge in [-0.25, -0.2) is 9.36 Å². The molecule has 0 aliphatic carbocycles. The average molecular weight is 380 g/mol. The van der Waals surface area contributed by atoms with Gasteiger partial charge in [-0.1, -0.05) is 43.0 Å². The van der Waals surface area contributed by atoms with Crippen molar-refractivity contribution in [2.75, 3.05) is 13.2 Å². The van der Waals surface area contributed by atoms with Gasteiger partial charge in [-0.2, -0.15) is 0 Å². The number of phosphoric acid groups is 1. The third-order valence-electron chi connectivity index (χ3n) is 2.63. The molecular weight excluding hydrogens is 359 g/mol. The number of hydrogen-bond donors (Lipinski definition) is 2. The molecule has 8 heteroatoms. The minimum absolute atomic E-state index is 0.142. The third kappa shape index (κ3) is 8.48. The van der Waals surface area contributed by atoms with E-state index in [2.05, 4.69) is 6.58 Å². The van der Waals surface area contributed by atoms with Crippen molar-refractivity contribution in [1.29, 1.82) is 0 Å². The number of benzene rings is 2. The summed E-state index contributed by atoms with van der Waals surface area (Å²) in [6.45, 7) is 4.18. The van der Waals surface area contributed by atoms with E-state index in [0.717, 1.165) is 0 Å². The largest absolute Gasteiger partial charge is 0.587 e. The molecule has 0 amide bonds. The molecule has 0 saturated heterocycles. The highest BCUT2D eigenvalue weighted by Gasteiger charge is 2.30. The lowest BCUT2D eigenvalue weighted by Crippen LogP contribution is -2.07. The molecule has 0 unspecified atom stereocenters. The molecule has 0 heterocycles. The zero-order chi connectivity index (χ0) is 19.4. The molecule has 2 rings (SSSR count). The first-order chi connectivity index (χ1) is 12.4. The summed E-state index contributed by atoms with van der Waals surface area (Å²) < 4.78 is 28.2. The molecule has 140 valence electrons. The van der Waals surface area contributed by atoms with Gasteiger partial charge in [-0.15, -0.1) is 0 Å². The van der Waals surface area contributed by atoms with Crippen LogP contribution in [0.4, 0.5) is 0 Å². The van der Waals surface area contributed by atoms with E-state index >= 15 is 0 Å². The van der Waals surface area contributed by atoms with Crippen LogP contribution in [-0.2, 0) is 13.9 Å². The summed E-state index contributed by atoms with van der Waals surface area (Å²) in [4.78, 5) is 9.60. The van der Waals surface area contributed by atoms with Crippen LogP contribution in [0.25, 0.3) is 0 Å². The average Bonchev–Trinajstić information content (AvgIpc) is 2.62. The van der Waals surface area contributed by atoms with Crippen molar-refractivity contribution in [1.82, 2.24) is 0 Å². The smallest absolute Gasteiger partial charge is 0.478 e. The van der Waals surface area contributed by atoms with Crippen LogP contribution in [0.2, 0.25) is 0 Å². The van der Waals surface area contributed by atoms with Gasteiger partial charge in [0.15, 0.2) is 0 Å². The lowest BCUT2D eigenvalue weighted by atomic mass is 10.3. The number of carboxylic acid groups (broad SMARTS) is 1. The molecule has 0 radical (unpaired) electrons. The van der Waals surface area contributed by atoms with E-state index in [1.807, 2.05) is 12.1 Å². The molecule has 2 aromatic carbocycles. The first kappa shape index (κ1) is 21.4. The van der Waals surface area contributed by atoms with E-state index in [4.69, 9.17) is 23.8 Å². The van der Waals surface area contributed by atoms with Crippen molar-refractivity contribution >= 4 is 13.8 Å². The van der Waals surface area contributed by atoms with Gasteiger partial charge >= 0.3 is 13.8 Å². The standard InChI is InChI=1S/C14H15O5P.C4H6O2/c15-11-12-17-20(16,18-13-7-3-1-4-8-13)19-14-9-5-2-6-10-14;1-3(2)4(5)6/h1-10,15H,11-12H2;1H2,2H3,(H,5,6). The van der Waals surface area contributed by atoms with Crippen LogP contribution in [0, 0.1) is 0 Å². The molecule has 0 spiro atoms. The monoisotopic (exact) mass is 380 g/mol. The van der Waals surface area contributed by atoms with Gasteiger partial charge in [0.2, 0.25) is 0 Å². The highest BCUT2D eigenvalue weighted by atomic mass is 31.2. The number of carboxylic acids is 1. The second kappa shape index (κ2) is 11.1. The maximum Gasteiger partial charge on any atom is 0.587 e. The van der Waals surface area contributed by atoms with Gasteiger partial charge < -0.3 is 19.3 Å². The van der Waals surface area contributed by atoms with Crippen LogP contribution in [0.1, 0.15) is 6.92 Å². The van der Waals surface area contributed by atoms with E-state index in [9.17, 15) is 9.36 Å². The Kier molecular flexibility index (Phi) is 9.15. The van der Waals surface area contributed by atoms with Crippen molar-refractivity contribution in [3.63, 3.8) is 0 Å². The molecule has 2 N–H and O–H groups in total. The summed E-state index contributed by atoms with van der Waals surface area (Å²) in [5.41, 5.74) is 0.176. The Morgan fingerprint density at radius 2 is 1.38 bits per heavy atom. The highest BCUT2D eigenvalue weighted by Crippen LogP contribution is 2.49. The topological polar surface area (TPSA) is 102 Å². The van der Waals surface area contributed by atoms with Crippen LogP contribution >= 0.6 is 7.82 Å². The van der Waals surface area contributed by atoms with Gasteiger partial charge in [0.25, 0.3) is 0 Å². The van der Waals surface area contributed by atoms with E-state index in [0.29, 0.717) is 11.5 Å². The number of aliphatic hydroxyl groups excluding tert-OH is 1. The summed E-state index contributed by atoms with van der Waals surface area (Å²) >= 11 is 0. The van der Waals surface area contributed by atoms with Gasteiger partial charge in [-0.3, -0.25) is 4.52 Å². The van der Waals surface area contributed by atoms with Crippen molar-refractivity contribution in [3.8, 4) is 11.5 Å². The Bertz CT molecular complexity index is 674. The van der Waals surface area contributed by atoms with Crippen molar-refractivity contribution < 1.29 is 33.1 Å². The fraction of sp³-hybridized carbons (Fsp3) is 0.167. The Morgan fingerprint density at radius 1 is 1.00 bits per heavy atom. The zero-order valence-corrected chi connectivity index (χ0v) is 15.2. The summed E-state index contributed by atoms with van der Waals surface area (Å²) in [5, 5.41) is 16.7. The van der Waals surface area contributed by atoms with E-state index in [-0.39, 0.29) is 18.8 Å². The molecule has 0 saturated carbocycles. The second-order valence-corrected chi connectivity index (χ2v) is 6.42. The molecule has 0 aliphatic heterocycles. The van der Waals surface area contributed by atoms with Crippen LogP contribution in [0.3, 0.4) is 0 Å². The Labute approximate surface area is 152 Å². The predicted molar refractivity (Wildman–Crippen MR) is 97.2 cm³/mol. The first-order valence-corrected chi connectivity index (χ1v) is 9.06. The minimum Gasteiger partial charge on any atom is -0.478 e. The van der Waals surface area contributed by atoms with Crippen LogP contribution in [0.5, 0.6) is 11.5 Å². The number of para-hydroxylation sites is 2. The molecule has 26 heavy (non-hydrogen) atoms. The van der Waals surface area contributed by atoms with E-state index in [1.54, 1.807) is 48.5 Å². The zero-order valence-electron chi connectivity index (χ0n) is 14.3. The Morgan fingerprint density at radius 3 is 1.69 bits per heavy atom. The molecular formula is C18H21O7P. The minimum atomic E-state index is -3.84. The molecule has 0 fully saturated rings. The van der Waals surface area contributed by atoms with Crippen LogP contribution in [-0.4, -0.2) is 29.4 Å². The number of aliphatic carboxylic acids is 1. The number of aliphatic hydroxyl groups is 1. The van der Waals surface area contributed by atoms with Crippen LogP contribution in [0.15, 0.2) is 72.8 Å². The quantitative estimate of drug-likeness (QED) is 0.529. The SMILES string of the molecule is C=C(C)C(=O)O.O=P(OCCO)(Oc1ccccc1)Oc1ccccc1. The summed E-state index contributed by atoms with van der Waals surface area (Å²) in [7, 11) is -3.84. The van der Waals surface area contributed by atoms with Crippen molar-refractivity contribution in [3.05, 3.63) is 72.8 Å². The Hall–Kier alpha value is -2.60. The van der Waals surface area contributed by atoms with Gasteiger partial charge in [0.05, 0.1) is 13.2 Å². The summed E-state index contributed by atoms with van der Waals surface area (Å²) in [6, 6.07) is 17.2. The summed E-state index contributed by atoms with van der Waals surface area (Å²) in [5.74, 6) is -0.204. The van der Waals surface area contributed by atoms with Gasteiger partial charge in [0, 0.05) is 5.57 Å². The third-order valence-corrected chi connectivity index (χ3v) is 3.99. The maximum atomic E-state index is 12.5. The molecule has 7 nitrogen and oxygen atoms in total. The van der Waals surface area contributed by atoms with Crippen molar-refractivity contribution in [2.45, 2.75) is 6.92 Å². The van der Waals surface area contributed by atoms with E-state index < -0.39 is 13.8 Å². The van der Waals surface area contributed by atoms with Gasteiger partial charge in [0.1, 0.15) is 11.5 Å². The molecule has 0 aromatic heterocycles. The number of carbonyl (C=O) groups is 1. The number of hydrogen-bond acceptors (Lipinski definition) is 6. The fourth-order valence-corrected chi connectivity index (χ4v) is 2.65. The number of phosphoric ester groups is 1. The Balaban J connectivity index is 0.000000487. The molecule has 0 aliphatic rings. The summed E-state index contributed by atoms with van der Waals surface area (Å²) in [6.07, 6.45) is 0. The predicted octanol–water partition coefficient (Wildman–Crippen LogP) is 3.91. The molecule has 0 bridgehead atoms. The lowest BCUT2D eigenvalue weighted by Gasteiger charge is -2.18. The number of rotatable bonds is 8.